The SMILES string of the molecule is CC(C)C(N)C(=O)NC(Cc1ccccc1)CC(O)[C@H](Cc1ccccc1)N(C)Cc1ccccc1. The summed E-state index contributed by atoms with van der Waals surface area (Å²) in [5.41, 5.74) is 9.63. The molecule has 4 atom stereocenters. The number of nitrogens with one attached hydrogen (secondary N) is 1. The Morgan fingerprint density at radius 3 is 1.81 bits per heavy atom. The van der Waals surface area contributed by atoms with Gasteiger partial charge in [-0.25, -0.2) is 0 Å². The van der Waals surface area contributed by atoms with Crippen molar-refractivity contribution in [2.24, 2.45) is 11.7 Å². The van der Waals surface area contributed by atoms with E-state index in [4.69, 9.17) is 5.73 Å². The minimum absolute atomic E-state index is 0.0372. The molecule has 0 aliphatic rings. The van der Waals surface area contributed by atoms with Crippen LogP contribution >= 0.6 is 0 Å². The Labute approximate surface area is 216 Å². The molecular formula is C31H41N3O2. The van der Waals surface area contributed by atoms with Crippen molar-refractivity contribution in [3.63, 3.8) is 0 Å². The summed E-state index contributed by atoms with van der Waals surface area (Å²) in [6, 6.07) is 29.7. The Morgan fingerprint density at radius 1 is 0.833 bits per heavy atom. The van der Waals surface area contributed by atoms with Gasteiger partial charge in [-0.3, -0.25) is 9.69 Å². The first-order chi connectivity index (χ1) is 17.3. The number of hydrogen-bond donors (Lipinski definition) is 3. The van der Waals surface area contributed by atoms with Gasteiger partial charge in [0.25, 0.3) is 0 Å². The third-order valence-electron chi connectivity index (χ3n) is 6.79. The zero-order valence-corrected chi connectivity index (χ0v) is 21.8. The molecule has 0 bridgehead atoms. The molecule has 192 valence electrons. The number of benzene rings is 3. The quantitative estimate of drug-likeness (QED) is 0.338. The molecule has 0 aliphatic heterocycles. The maximum absolute atomic E-state index is 12.9. The summed E-state index contributed by atoms with van der Waals surface area (Å²) in [5.74, 6) is -0.134. The number of nitrogens with zero attached hydrogens (tertiary/aromatic N) is 1. The predicted molar refractivity (Wildman–Crippen MR) is 147 cm³/mol. The molecule has 0 heterocycles. The Balaban J connectivity index is 1.80. The smallest absolute Gasteiger partial charge is 0.237 e. The van der Waals surface area contributed by atoms with Crippen molar-refractivity contribution in [1.29, 1.82) is 0 Å². The lowest BCUT2D eigenvalue weighted by Gasteiger charge is -2.34. The van der Waals surface area contributed by atoms with Crippen LogP contribution in [0, 0.1) is 5.92 Å². The zero-order chi connectivity index (χ0) is 25.9. The first-order valence-corrected chi connectivity index (χ1v) is 12.9. The standard InChI is InChI=1S/C31H41N3O2/c1-23(2)30(32)31(36)33-27(19-24-13-7-4-8-14-24)21-29(35)28(20-25-15-9-5-10-16-25)34(3)22-26-17-11-6-12-18-26/h4-18,23,27-30,35H,19-22,32H2,1-3H3,(H,33,36)/t27?,28-,29?,30?/m0/s1. The van der Waals surface area contributed by atoms with Crippen LogP contribution in [0.2, 0.25) is 0 Å². The van der Waals surface area contributed by atoms with Crippen LogP contribution in [0.25, 0.3) is 0 Å². The molecule has 0 aromatic heterocycles. The highest BCUT2D eigenvalue weighted by Crippen LogP contribution is 2.19. The highest BCUT2D eigenvalue weighted by Gasteiger charge is 2.29. The lowest BCUT2D eigenvalue weighted by Crippen LogP contribution is -2.51. The van der Waals surface area contributed by atoms with Crippen LogP contribution in [-0.4, -0.2) is 47.2 Å². The molecule has 0 fully saturated rings. The van der Waals surface area contributed by atoms with Crippen molar-refractivity contribution in [3.8, 4) is 0 Å². The van der Waals surface area contributed by atoms with Gasteiger partial charge in [0.15, 0.2) is 0 Å². The van der Waals surface area contributed by atoms with Crippen LogP contribution in [0.1, 0.15) is 37.0 Å². The number of nitrogens with two attached hydrogens (primary N) is 1. The van der Waals surface area contributed by atoms with Gasteiger partial charge in [0.05, 0.1) is 12.1 Å². The number of aliphatic hydroxyl groups excluding tert-OH is 1. The highest BCUT2D eigenvalue weighted by atomic mass is 16.3. The maximum Gasteiger partial charge on any atom is 0.237 e. The van der Waals surface area contributed by atoms with Crippen LogP contribution in [-0.2, 0) is 24.2 Å². The molecule has 0 aliphatic carbocycles. The molecule has 0 saturated carbocycles. The largest absolute Gasteiger partial charge is 0.391 e. The monoisotopic (exact) mass is 487 g/mol. The van der Waals surface area contributed by atoms with Gasteiger partial charge < -0.3 is 16.2 Å². The van der Waals surface area contributed by atoms with Crippen LogP contribution in [0.3, 0.4) is 0 Å². The summed E-state index contributed by atoms with van der Waals surface area (Å²) < 4.78 is 0. The highest BCUT2D eigenvalue weighted by molar-refractivity contribution is 5.82. The minimum Gasteiger partial charge on any atom is -0.391 e. The van der Waals surface area contributed by atoms with Crippen molar-refractivity contribution in [1.82, 2.24) is 10.2 Å². The molecule has 36 heavy (non-hydrogen) atoms. The molecule has 0 spiro atoms. The molecule has 4 N–H and O–H groups in total. The fourth-order valence-electron chi connectivity index (χ4n) is 4.57. The lowest BCUT2D eigenvalue weighted by atomic mass is 9.92. The molecule has 5 nitrogen and oxygen atoms in total. The van der Waals surface area contributed by atoms with Crippen molar-refractivity contribution < 1.29 is 9.90 Å². The average Bonchev–Trinajstić information content (AvgIpc) is 2.88. The fraction of sp³-hybridized carbons (Fsp3) is 0.387. The van der Waals surface area contributed by atoms with E-state index < -0.39 is 12.1 Å². The van der Waals surface area contributed by atoms with E-state index in [9.17, 15) is 9.90 Å². The van der Waals surface area contributed by atoms with Crippen molar-refractivity contribution >= 4 is 5.91 Å². The molecule has 3 rings (SSSR count). The summed E-state index contributed by atoms with van der Waals surface area (Å²) in [4.78, 5) is 15.1. The number of amides is 1. The molecular weight excluding hydrogens is 446 g/mol. The second kappa shape index (κ2) is 13.9. The molecule has 0 saturated heterocycles. The topological polar surface area (TPSA) is 78.6 Å². The normalized spacial score (nSPS) is 14.9. The minimum atomic E-state index is -0.650. The van der Waals surface area contributed by atoms with E-state index in [0.717, 1.165) is 12.1 Å². The number of aliphatic hydroxyl groups is 1. The Bertz CT molecular complexity index is 1030. The van der Waals surface area contributed by atoms with Gasteiger partial charge in [0.1, 0.15) is 0 Å². The van der Waals surface area contributed by atoms with E-state index in [0.29, 0.717) is 19.3 Å². The molecule has 3 unspecified atom stereocenters. The van der Waals surface area contributed by atoms with Crippen LogP contribution < -0.4 is 11.1 Å². The molecule has 0 radical (unpaired) electrons. The van der Waals surface area contributed by atoms with Gasteiger partial charge in [-0.1, -0.05) is 105 Å². The van der Waals surface area contributed by atoms with Gasteiger partial charge in [0.2, 0.25) is 5.91 Å². The van der Waals surface area contributed by atoms with E-state index in [1.54, 1.807) is 0 Å². The van der Waals surface area contributed by atoms with E-state index in [1.807, 2.05) is 68.4 Å². The third-order valence-corrected chi connectivity index (χ3v) is 6.79. The summed E-state index contributed by atoms with van der Waals surface area (Å²) in [5, 5.41) is 14.7. The van der Waals surface area contributed by atoms with Crippen LogP contribution in [0.4, 0.5) is 0 Å². The van der Waals surface area contributed by atoms with Gasteiger partial charge in [-0.15, -0.1) is 0 Å². The second-order valence-corrected chi connectivity index (χ2v) is 10.1. The predicted octanol–water partition coefficient (Wildman–Crippen LogP) is 4.19. The van der Waals surface area contributed by atoms with E-state index in [-0.39, 0.29) is 23.9 Å². The van der Waals surface area contributed by atoms with E-state index in [2.05, 4.69) is 53.7 Å². The Kier molecular flexibility index (Phi) is 10.7. The summed E-state index contributed by atoms with van der Waals surface area (Å²) in [7, 11) is 2.06. The zero-order valence-electron chi connectivity index (χ0n) is 21.8. The Hall–Kier alpha value is -2.99. The number of likely N-dealkylation sites (N-methyl/N-ethyl adjacent to an activating group) is 1. The third kappa shape index (κ3) is 8.59. The van der Waals surface area contributed by atoms with Gasteiger partial charge >= 0.3 is 0 Å². The summed E-state index contributed by atoms with van der Waals surface area (Å²) >= 11 is 0. The average molecular weight is 488 g/mol. The fourth-order valence-corrected chi connectivity index (χ4v) is 4.57. The first kappa shape index (κ1) is 27.6. The molecule has 3 aromatic rings. The number of carbonyl (C=O) groups excluding carboxylic acids is 1. The maximum atomic E-state index is 12.9. The molecule has 5 heteroatoms. The van der Waals surface area contributed by atoms with Crippen molar-refractivity contribution in [3.05, 3.63) is 108 Å². The molecule has 1 amide bonds. The van der Waals surface area contributed by atoms with Crippen LogP contribution in [0.15, 0.2) is 91.0 Å². The van der Waals surface area contributed by atoms with Gasteiger partial charge in [-0.2, -0.15) is 0 Å². The number of hydrogen-bond acceptors (Lipinski definition) is 4. The van der Waals surface area contributed by atoms with E-state index >= 15 is 0 Å². The van der Waals surface area contributed by atoms with Crippen molar-refractivity contribution in [2.75, 3.05) is 7.05 Å². The number of rotatable bonds is 13. The summed E-state index contributed by atoms with van der Waals surface area (Å²) in [6.07, 6.45) is 1.13. The lowest BCUT2D eigenvalue weighted by molar-refractivity contribution is -0.124. The van der Waals surface area contributed by atoms with Gasteiger partial charge in [-0.05, 0) is 48.9 Å². The van der Waals surface area contributed by atoms with E-state index in [1.165, 1.54) is 11.1 Å². The Morgan fingerprint density at radius 2 is 1.31 bits per heavy atom. The van der Waals surface area contributed by atoms with Crippen molar-refractivity contribution in [2.45, 2.75) is 63.9 Å². The second-order valence-electron chi connectivity index (χ2n) is 10.1. The number of carbonyl (C=O) groups is 1. The van der Waals surface area contributed by atoms with Crippen LogP contribution in [0.5, 0.6) is 0 Å². The molecule has 3 aromatic carbocycles. The van der Waals surface area contributed by atoms with Gasteiger partial charge in [0, 0.05) is 18.6 Å². The first-order valence-electron chi connectivity index (χ1n) is 12.9. The summed E-state index contributed by atoms with van der Waals surface area (Å²) in [6.45, 7) is 4.61.